The number of rotatable bonds is 3. The van der Waals surface area contributed by atoms with Crippen LogP contribution in [-0.2, 0) is 9.53 Å². The summed E-state index contributed by atoms with van der Waals surface area (Å²) in [6, 6.07) is 0. The van der Waals surface area contributed by atoms with Crippen molar-refractivity contribution in [1.29, 1.82) is 0 Å². The molecular weight excluding hydrogens is 222 g/mol. The SMILES string of the molecule is CCOC(C)=O.CN([SiH](C)C)[Si](C)(C)C. The van der Waals surface area contributed by atoms with Crippen LogP contribution in [0.15, 0.2) is 0 Å². The minimum absolute atomic E-state index is 0.211. The van der Waals surface area contributed by atoms with Crippen LogP contribution in [0.25, 0.3) is 0 Å². The van der Waals surface area contributed by atoms with Crippen molar-refractivity contribution in [2.24, 2.45) is 0 Å². The van der Waals surface area contributed by atoms with E-state index in [1.807, 2.05) is 0 Å². The van der Waals surface area contributed by atoms with Crippen molar-refractivity contribution in [3.8, 4) is 0 Å². The molecule has 92 valence electrons. The van der Waals surface area contributed by atoms with Gasteiger partial charge in [-0.15, -0.1) is 0 Å². The molecule has 0 radical (unpaired) electrons. The van der Waals surface area contributed by atoms with Crippen molar-refractivity contribution in [3.05, 3.63) is 0 Å². The molecule has 0 amide bonds. The molecule has 0 atom stereocenters. The monoisotopic (exact) mass is 249 g/mol. The molecule has 5 heteroatoms. The summed E-state index contributed by atoms with van der Waals surface area (Å²) < 4.78 is 7.03. The highest BCUT2D eigenvalue weighted by Crippen LogP contribution is 2.07. The van der Waals surface area contributed by atoms with E-state index >= 15 is 0 Å². The van der Waals surface area contributed by atoms with Crippen LogP contribution in [0.2, 0.25) is 32.7 Å². The summed E-state index contributed by atoms with van der Waals surface area (Å²) in [7, 11) is 0.858. The van der Waals surface area contributed by atoms with E-state index < -0.39 is 17.2 Å². The molecule has 0 aromatic carbocycles. The van der Waals surface area contributed by atoms with E-state index in [0.717, 1.165) is 0 Å². The first-order valence-electron chi connectivity index (χ1n) is 5.49. The molecule has 3 nitrogen and oxygen atoms in total. The Bertz CT molecular complexity index is 179. The van der Waals surface area contributed by atoms with Crippen molar-refractivity contribution in [3.63, 3.8) is 0 Å². The first-order valence-corrected chi connectivity index (χ1v) is 11.8. The largest absolute Gasteiger partial charge is 0.466 e. The Hall–Kier alpha value is -0.136. The van der Waals surface area contributed by atoms with E-state index in [1.54, 1.807) is 6.92 Å². The van der Waals surface area contributed by atoms with E-state index in [2.05, 4.69) is 48.8 Å². The van der Waals surface area contributed by atoms with Crippen LogP contribution in [-0.4, -0.2) is 41.0 Å². The molecule has 0 aromatic rings. The van der Waals surface area contributed by atoms with Crippen LogP contribution in [0.5, 0.6) is 0 Å². The average Bonchev–Trinajstić information content (AvgIpc) is 2.01. The molecule has 0 heterocycles. The quantitative estimate of drug-likeness (QED) is 0.568. The lowest BCUT2D eigenvalue weighted by Crippen LogP contribution is -2.49. The summed E-state index contributed by atoms with van der Waals surface area (Å²) in [4.78, 5) is 9.82. The molecule has 0 unspecified atom stereocenters. The molecule has 0 N–H and O–H groups in total. The second-order valence-corrected chi connectivity index (χ2v) is 13.3. The van der Waals surface area contributed by atoms with Crippen molar-refractivity contribution in [1.82, 2.24) is 4.23 Å². The van der Waals surface area contributed by atoms with Gasteiger partial charge in [0.2, 0.25) is 0 Å². The standard InChI is InChI=1S/C6H19NSi2.C4H8O2/c1-7(8(2)3)9(4,5)6;1-3-6-4(2)5/h8H,1-6H3;3H2,1-2H3. The van der Waals surface area contributed by atoms with Gasteiger partial charge in [-0.3, -0.25) is 4.79 Å². The molecule has 0 bridgehead atoms. The highest BCUT2D eigenvalue weighted by atomic mass is 28.4. The average molecular weight is 250 g/mol. The fourth-order valence-electron chi connectivity index (χ4n) is 0.978. The topological polar surface area (TPSA) is 29.5 Å². The van der Waals surface area contributed by atoms with Gasteiger partial charge >= 0.3 is 5.97 Å². The van der Waals surface area contributed by atoms with Crippen LogP contribution in [0.4, 0.5) is 0 Å². The van der Waals surface area contributed by atoms with Gasteiger partial charge in [0.15, 0.2) is 0 Å². The third-order valence-electron chi connectivity index (χ3n) is 2.18. The van der Waals surface area contributed by atoms with E-state index in [-0.39, 0.29) is 5.97 Å². The van der Waals surface area contributed by atoms with Crippen LogP contribution < -0.4 is 0 Å². The Morgan fingerprint density at radius 3 is 1.73 bits per heavy atom. The first kappa shape index (κ1) is 17.3. The molecule has 0 aliphatic carbocycles. The Morgan fingerprint density at radius 2 is 1.73 bits per heavy atom. The molecule has 0 aromatic heterocycles. The molecule has 0 aliphatic rings. The summed E-state index contributed by atoms with van der Waals surface area (Å²) in [5.41, 5.74) is 0. The molecule has 0 spiro atoms. The van der Waals surface area contributed by atoms with Crippen molar-refractivity contribution in [2.45, 2.75) is 46.6 Å². The van der Waals surface area contributed by atoms with Gasteiger partial charge < -0.3 is 8.97 Å². The zero-order valence-electron chi connectivity index (χ0n) is 11.5. The zero-order chi connectivity index (χ0) is 12.6. The number of esters is 1. The first-order chi connectivity index (χ1) is 6.62. The maximum absolute atomic E-state index is 9.82. The second kappa shape index (κ2) is 8.07. The van der Waals surface area contributed by atoms with Crippen molar-refractivity contribution < 1.29 is 9.53 Å². The Kier molecular flexibility index (Phi) is 9.28. The molecule has 0 saturated carbocycles. The molecule has 15 heavy (non-hydrogen) atoms. The minimum Gasteiger partial charge on any atom is -0.466 e. The third kappa shape index (κ3) is 11.8. The summed E-state index contributed by atoms with van der Waals surface area (Å²) >= 11 is 0. The highest BCUT2D eigenvalue weighted by molar-refractivity contribution is 6.82. The van der Waals surface area contributed by atoms with Crippen LogP contribution in [0.3, 0.4) is 0 Å². The normalized spacial score (nSPS) is 11.1. The molecule has 0 fully saturated rings. The summed E-state index contributed by atoms with van der Waals surface area (Å²) in [5, 5.41) is 0. The molecular formula is C10H27NO2Si2. The van der Waals surface area contributed by atoms with Gasteiger partial charge in [0.25, 0.3) is 0 Å². The van der Waals surface area contributed by atoms with E-state index in [9.17, 15) is 4.79 Å². The lowest BCUT2D eigenvalue weighted by molar-refractivity contribution is -0.140. The van der Waals surface area contributed by atoms with E-state index in [0.29, 0.717) is 6.61 Å². The maximum Gasteiger partial charge on any atom is 0.302 e. The molecule has 0 saturated heterocycles. The predicted octanol–water partition coefficient (Wildman–Crippen LogP) is 2.31. The van der Waals surface area contributed by atoms with Gasteiger partial charge in [0, 0.05) is 6.92 Å². The summed E-state index contributed by atoms with van der Waals surface area (Å²) in [5.74, 6) is -0.211. The third-order valence-corrected chi connectivity index (χ3v) is 9.72. The number of hydrogen-bond donors (Lipinski definition) is 0. The van der Waals surface area contributed by atoms with Crippen molar-refractivity contribution >= 4 is 23.2 Å². The van der Waals surface area contributed by atoms with Gasteiger partial charge in [-0.1, -0.05) is 32.7 Å². The van der Waals surface area contributed by atoms with Gasteiger partial charge in [-0.2, -0.15) is 0 Å². The maximum atomic E-state index is 9.82. The number of carbonyl (C=O) groups is 1. The van der Waals surface area contributed by atoms with Crippen LogP contribution in [0, 0.1) is 0 Å². The van der Waals surface area contributed by atoms with Crippen LogP contribution in [0.1, 0.15) is 13.8 Å². The Morgan fingerprint density at radius 1 is 1.33 bits per heavy atom. The van der Waals surface area contributed by atoms with Gasteiger partial charge in [0.05, 0.1) is 15.6 Å². The van der Waals surface area contributed by atoms with E-state index in [4.69, 9.17) is 0 Å². The van der Waals surface area contributed by atoms with E-state index in [1.165, 1.54) is 6.92 Å². The fourth-order valence-corrected chi connectivity index (χ4v) is 7.17. The Labute approximate surface area is 97.6 Å². The highest BCUT2D eigenvalue weighted by Gasteiger charge is 2.21. The lowest BCUT2D eigenvalue weighted by Gasteiger charge is -2.33. The number of hydrogen-bond acceptors (Lipinski definition) is 3. The molecule has 0 aliphatic heterocycles. The minimum atomic E-state index is -0.929. The summed E-state index contributed by atoms with van der Waals surface area (Å²) in [6.45, 7) is 15.6. The second-order valence-electron chi connectivity index (χ2n) is 4.80. The Balaban J connectivity index is 0. The molecule has 0 rings (SSSR count). The van der Waals surface area contributed by atoms with Gasteiger partial charge in [-0.05, 0) is 14.0 Å². The zero-order valence-corrected chi connectivity index (χ0v) is 13.7. The number of ether oxygens (including phenoxy) is 1. The van der Waals surface area contributed by atoms with Gasteiger partial charge in [0.1, 0.15) is 8.24 Å². The predicted molar refractivity (Wildman–Crippen MR) is 72.3 cm³/mol. The smallest absolute Gasteiger partial charge is 0.302 e. The lowest BCUT2D eigenvalue weighted by atomic mass is 10.8. The fraction of sp³-hybridized carbons (Fsp3) is 0.900. The number of nitrogens with zero attached hydrogens (tertiary/aromatic N) is 1. The van der Waals surface area contributed by atoms with Crippen molar-refractivity contribution in [2.75, 3.05) is 13.7 Å². The van der Waals surface area contributed by atoms with Gasteiger partial charge in [-0.25, -0.2) is 0 Å². The number of carbonyl (C=O) groups excluding carboxylic acids is 1. The summed E-state index contributed by atoms with van der Waals surface area (Å²) in [6.07, 6.45) is 0. The van der Waals surface area contributed by atoms with Crippen LogP contribution >= 0.6 is 0 Å².